The first kappa shape index (κ1) is 20.0. The van der Waals surface area contributed by atoms with Crippen molar-refractivity contribution in [2.45, 2.75) is 58.2 Å². The largest absolute Gasteiger partial charge is 0.480 e. The van der Waals surface area contributed by atoms with E-state index < -0.39 is 24.0 Å². The van der Waals surface area contributed by atoms with Gasteiger partial charge < -0.3 is 10.0 Å². The molecular formula is C17H20F3N5O3. The Bertz CT molecular complexity index is 925. The summed E-state index contributed by atoms with van der Waals surface area (Å²) in [4.78, 5) is 32.8. The van der Waals surface area contributed by atoms with Crippen molar-refractivity contribution in [3.8, 4) is 0 Å². The molecule has 0 spiro atoms. The third-order valence-electron chi connectivity index (χ3n) is 5.00. The van der Waals surface area contributed by atoms with E-state index in [1.165, 1.54) is 4.90 Å². The quantitative estimate of drug-likeness (QED) is 0.846. The zero-order chi connectivity index (χ0) is 20.6. The Balaban J connectivity index is 1.82. The molecule has 11 heteroatoms. The summed E-state index contributed by atoms with van der Waals surface area (Å²) in [6.45, 7) is 3.62. The molecule has 0 unspecified atom stereocenters. The highest BCUT2D eigenvalue weighted by Crippen LogP contribution is 2.27. The summed E-state index contributed by atoms with van der Waals surface area (Å²) in [6.07, 6.45) is -2.48. The lowest BCUT2D eigenvalue weighted by Gasteiger charge is -2.33. The average molecular weight is 399 g/mol. The number of piperidine rings is 1. The van der Waals surface area contributed by atoms with Gasteiger partial charge in [0.2, 0.25) is 5.91 Å². The van der Waals surface area contributed by atoms with E-state index >= 15 is 0 Å². The molecule has 1 atom stereocenters. The lowest BCUT2D eigenvalue weighted by Crippen LogP contribution is -2.48. The molecule has 8 nitrogen and oxygen atoms in total. The Labute approximate surface area is 158 Å². The Morgan fingerprint density at radius 2 is 1.93 bits per heavy atom. The number of halogens is 3. The molecule has 1 N–H and O–H groups in total. The fourth-order valence-corrected chi connectivity index (χ4v) is 3.55. The van der Waals surface area contributed by atoms with Crippen LogP contribution in [0.15, 0.2) is 0 Å². The number of nitrogens with zero attached hydrogens (tertiary/aromatic N) is 5. The van der Waals surface area contributed by atoms with Gasteiger partial charge in [-0.2, -0.15) is 18.2 Å². The summed E-state index contributed by atoms with van der Waals surface area (Å²) in [5.41, 5.74) is 1.49. The molecule has 0 radical (unpaired) electrons. The van der Waals surface area contributed by atoms with Crippen LogP contribution in [-0.2, 0) is 22.2 Å². The molecule has 1 saturated heterocycles. The summed E-state index contributed by atoms with van der Waals surface area (Å²) in [5.74, 6) is -2.74. The monoisotopic (exact) mass is 399 g/mol. The molecule has 0 bridgehead atoms. The van der Waals surface area contributed by atoms with Gasteiger partial charge in [0.15, 0.2) is 0 Å². The topological polar surface area (TPSA) is 101 Å². The van der Waals surface area contributed by atoms with Gasteiger partial charge in [-0.3, -0.25) is 4.79 Å². The molecule has 2 aromatic heterocycles. The second-order valence-electron chi connectivity index (χ2n) is 6.84. The van der Waals surface area contributed by atoms with E-state index in [9.17, 15) is 27.9 Å². The standard InChI is InChI=1S/C17H20F3N5O3/c1-9-11(6-7-13(26)24-8-4-3-5-12(24)14(27)28)10(2)25-16(21-9)22-15(23-25)17(18,19)20/h12H,3-8H2,1-2H3,(H,27,28)/t12-/m1/s1. The molecule has 0 aromatic carbocycles. The lowest BCUT2D eigenvalue weighted by atomic mass is 10.0. The summed E-state index contributed by atoms with van der Waals surface area (Å²) >= 11 is 0. The minimum atomic E-state index is -4.68. The number of rotatable bonds is 4. The van der Waals surface area contributed by atoms with Crippen LogP contribution in [0.4, 0.5) is 13.2 Å². The number of aliphatic carboxylic acids is 1. The Morgan fingerprint density at radius 3 is 2.57 bits per heavy atom. The van der Waals surface area contributed by atoms with Gasteiger partial charge in [-0.05, 0) is 45.1 Å². The zero-order valence-corrected chi connectivity index (χ0v) is 15.5. The van der Waals surface area contributed by atoms with Crippen LogP contribution in [0.2, 0.25) is 0 Å². The number of aryl methyl sites for hydroxylation is 2. The van der Waals surface area contributed by atoms with Gasteiger partial charge in [-0.1, -0.05) is 0 Å². The van der Waals surface area contributed by atoms with Crippen molar-refractivity contribution in [2.75, 3.05) is 6.54 Å². The van der Waals surface area contributed by atoms with Gasteiger partial charge in [-0.25, -0.2) is 14.3 Å². The molecule has 0 aliphatic carbocycles. The molecule has 152 valence electrons. The van der Waals surface area contributed by atoms with Crippen molar-refractivity contribution in [3.63, 3.8) is 0 Å². The molecule has 28 heavy (non-hydrogen) atoms. The van der Waals surface area contributed by atoms with E-state index in [-0.39, 0.29) is 24.5 Å². The van der Waals surface area contributed by atoms with Gasteiger partial charge >= 0.3 is 12.1 Å². The maximum Gasteiger partial charge on any atom is 0.453 e. The van der Waals surface area contributed by atoms with Crippen LogP contribution in [0.1, 0.15) is 48.5 Å². The highest BCUT2D eigenvalue weighted by molar-refractivity contribution is 5.84. The summed E-state index contributed by atoms with van der Waals surface area (Å²) in [7, 11) is 0. The van der Waals surface area contributed by atoms with Crippen molar-refractivity contribution in [1.82, 2.24) is 24.5 Å². The normalized spacial score (nSPS) is 17.9. The minimum absolute atomic E-state index is 0.0411. The minimum Gasteiger partial charge on any atom is -0.480 e. The average Bonchev–Trinajstić information content (AvgIpc) is 3.05. The predicted octanol–water partition coefficient (Wildman–Crippen LogP) is 2.16. The highest BCUT2D eigenvalue weighted by atomic mass is 19.4. The van der Waals surface area contributed by atoms with Crippen molar-refractivity contribution < 1.29 is 27.9 Å². The molecule has 1 fully saturated rings. The number of carbonyl (C=O) groups is 2. The Kier molecular flexibility index (Phi) is 5.26. The Morgan fingerprint density at radius 1 is 1.21 bits per heavy atom. The second-order valence-corrected chi connectivity index (χ2v) is 6.84. The van der Waals surface area contributed by atoms with Crippen LogP contribution >= 0.6 is 0 Å². The molecule has 1 amide bonds. The molecule has 3 rings (SSSR count). The number of alkyl halides is 3. The number of hydrogen-bond acceptors (Lipinski definition) is 5. The third-order valence-corrected chi connectivity index (χ3v) is 5.00. The number of fused-ring (bicyclic) bond motifs is 1. The smallest absolute Gasteiger partial charge is 0.453 e. The summed E-state index contributed by atoms with van der Waals surface area (Å²) in [5, 5.41) is 12.8. The van der Waals surface area contributed by atoms with E-state index in [2.05, 4.69) is 15.1 Å². The number of aromatic nitrogens is 4. The summed E-state index contributed by atoms with van der Waals surface area (Å²) in [6, 6.07) is -0.825. The Hall–Kier alpha value is -2.72. The van der Waals surface area contributed by atoms with Gasteiger partial charge in [-0.15, -0.1) is 5.10 Å². The molecule has 3 heterocycles. The van der Waals surface area contributed by atoms with Gasteiger partial charge in [0.25, 0.3) is 11.6 Å². The number of hydrogen-bond donors (Lipinski definition) is 1. The van der Waals surface area contributed by atoms with Crippen molar-refractivity contribution >= 4 is 17.7 Å². The SMILES string of the molecule is Cc1nc2nc(C(F)(F)F)nn2c(C)c1CCC(=O)N1CCCC[C@@H]1C(=O)O. The molecular weight excluding hydrogens is 379 g/mol. The van der Waals surface area contributed by atoms with Crippen molar-refractivity contribution in [3.05, 3.63) is 22.8 Å². The van der Waals surface area contributed by atoms with Crippen molar-refractivity contribution in [2.24, 2.45) is 0 Å². The number of amides is 1. The number of carboxylic acid groups (broad SMARTS) is 1. The second kappa shape index (κ2) is 7.36. The maximum atomic E-state index is 12.9. The van der Waals surface area contributed by atoms with Crippen molar-refractivity contribution in [1.29, 1.82) is 0 Å². The lowest BCUT2D eigenvalue weighted by molar-refractivity contribution is -0.152. The van der Waals surface area contributed by atoms with Gasteiger partial charge in [0.05, 0.1) is 0 Å². The molecule has 1 aliphatic heterocycles. The van der Waals surface area contributed by atoms with Crippen LogP contribution in [0.25, 0.3) is 5.78 Å². The fraction of sp³-hybridized carbons (Fsp3) is 0.588. The van der Waals surface area contributed by atoms with E-state index in [1.807, 2.05) is 0 Å². The van der Waals surface area contributed by atoms with Crippen LogP contribution in [0.3, 0.4) is 0 Å². The summed E-state index contributed by atoms with van der Waals surface area (Å²) < 4.78 is 39.6. The van der Waals surface area contributed by atoms with Gasteiger partial charge in [0.1, 0.15) is 6.04 Å². The van der Waals surface area contributed by atoms with Crippen LogP contribution in [0, 0.1) is 13.8 Å². The van der Waals surface area contributed by atoms with E-state index in [0.717, 1.165) is 17.4 Å². The van der Waals surface area contributed by atoms with Crippen LogP contribution < -0.4 is 0 Å². The predicted molar refractivity (Wildman–Crippen MR) is 90.6 cm³/mol. The van der Waals surface area contributed by atoms with Gasteiger partial charge in [0, 0.05) is 24.4 Å². The molecule has 1 aliphatic rings. The number of carboxylic acids is 1. The first-order chi connectivity index (χ1) is 13.1. The van der Waals surface area contributed by atoms with E-state index in [1.54, 1.807) is 13.8 Å². The fourth-order valence-electron chi connectivity index (χ4n) is 3.55. The number of carbonyl (C=O) groups excluding carboxylic acids is 1. The number of likely N-dealkylation sites (tertiary alicyclic amines) is 1. The first-order valence-electron chi connectivity index (χ1n) is 8.92. The van der Waals surface area contributed by atoms with Crippen LogP contribution in [-0.4, -0.2) is 54.1 Å². The molecule has 2 aromatic rings. The van der Waals surface area contributed by atoms with E-state index in [0.29, 0.717) is 29.9 Å². The zero-order valence-electron chi connectivity index (χ0n) is 15.5. The highest BCUT2D eigenvalue weighted by Gasteiger charge is 2.37. The maximum absolute atomic E-state index is 12.9. The third kappa shape index (κ3) is 3.78. The van der Waals surface area contributed by atoms with E-state index in [4.69, 9.17) is 0 Å². The first-order valence-corrected chi connectivity index (χ1v) is 8.92. The molecule has 0 saturated carbocycles. The van der Waals surface area contributed by atoms with Crippen LogP contribution in [0.5, 0.6) is 0 Å².